The van der Waals surface area contributed by atoms with Gasteiger partial charge in [0.15, 0.2) is 0 Å². The quantitative estimate of drug-likeness (QED) is 0.399. The number of fused-ring (bicyclic) bond motifs is 1. The Morgan fingerprint density at radius 1 is 1.03 bits per heavy atom. The molecule has 0 spiro atoms. The summed E-state index contributed by atoms with van der Waals surface area (Å²) in [5.74, 6) is -1.25. The largest absolute Gasteiger partial charge is 0.373 e. The average Bonchev–Trinajstić information content (AvgIpc) is 2.82. The maximum atomic E-state index is 14.9. The Morgan fingerprint density at radius 3 is 2.62 bits per heavy atom. The molecule has 1 aromatic carbocycles. The van der Waals surface area contributed by atoms with E-state index in [9.17, 15) is 13.6 Å². The van der Waals surface area contributed by atoms with Crippen molar-refractivity contribution < 1.29 is 13.5 Å². The molecule has 0 bridgehead atoms. The second kappa shape index (κ2) is 8.72. The van der Waals surface area contributed by atoms with Gasteiger partial charge < -0.3 is 4.74 Å². The third-order valence-electron chi connectivity index (χ3n) is 6.68. The van der Waals surface area contributed by atoms with E-state index in [1.165, 1.54) is 16.5 Å². The van der Waals surface area contributed by atoms with Crippen molar-refractivity contribution in [2.75, 3.05) is 6.61 Å². The van der Waals surface area contributed by atoms with Crippen LogP contribution in [0.4, 0.5) is 8.78 Å². The van der Waals surface area contributed by atoms with Gasteiger partial charge in [-0.15, -0.1) is 0 Å². The fourth-order valence-electron chi connectivity index (χ4n) is 4.68. The van der Waals surface area contributed by atoms with E-state index in [0.29, 0.717) is 35.5 Å². The van der Waals surface area contributed by atoms with Gasteiger partial charge in [-0.25, -0.2) is 13.8 Å². The lowest BCUT2D eigenvalue weighted by Gasteiger charge is -2.30. The number of ether oxygens (including phenoxy) is 1. The van der Waals surface area contributed by atoms with Crippen LogP contribution in [0.25, 0.3) is 16.8 Å². The van der Waals surface area contributed by atoms with Gasteiger partial charge in [-0.2, -0.15) is 0 Å². The van der Waals surface area contributed by atoms with Crippen LogP contribution in [0, 0.1) is 32.4 Å². The first kappa shape index (κ1) is 22.3. The first-order valence-electron chi connectivity index (χ1n) is 11.3. The van der Waals surface area contributed by atoms with Gasteiger partial charge in [0.05, 0.1) is 6.10 Å². The van der Waals surface area contributed by atoms with Gasteiger partial charge in [0.25, 0.3) is 5.56 Å². The molecule has 34 heavy (non-hydrogen) atoms. The molecule has 0 saturated carbocycles. The normalized spacial score (nSPS) is 18.4. The second-order valence-corrected chi connectivity index (χ2v) is 8.94. The minimum absolute atomic E-state index is 0.0902. The van der Waals surface area contributed by atoms with Crippen LogP contribution in [0.2, 0.25) is 0 Å². The van der Waals surface area contributed by atoms with E-state index in [-0.39, 0.29) is 23.1 Å². The van der Waals surface area contributed by atoms with E-state index in [1.807, 2.05) is 31.3 Å². The van der Waals surface area contributed by atoms with Crippen LogP contribution in [-0.4, -0.2) is 21.0 Å². The predicted octanol–water partition coefficient (Wildman–Crippen LogP) is 5.60. The molecule has 0 amide bonds. The minimum atomic E-state index is -0.691. The third kappa shape index (κ3) is 4.01. The summed E-state index contributed by atoms with van der Waals surface area (Å²) in [6.07, 6.45) is 4.97. The molecule has 7 heteroatoms. The fraction of sp³-hybridized carbons (Fsp3) is 0.296. The Kier molecular flexibility index (Phi) is 5.73. The van der Waals surface area contributed by atoms with Crippen LogP contribution < -0.4 is 5.56 Å². The lowest BCUT2D eigenvalue weighted by atomic mass is 9.86. The van der Waals surface area contributed by atoms with Gasteiger partial charge in [0.1, 0.15) is 17.3 Å². The maximum absolute atomic E-state index is 14.9. The number of aryl methyl sites for hydroxylation is 2. The number of hydrogen-bond acceptors (Lipinski definition) is 4. The molecule has 5 nitrogen and oxygen atoms in total. The summed E-state index contributed by atoms with van der Waals surface area (Å²) in [7, 11) is 0. The van der Waals surface area contributed by atoms with Gasteiger partial charge in [-0.05, 0) is 81.0 Å². The van der Waals surface area contributed by atoms with Gasteiger partial charge >= 0.3 is 0 Å². The molecule has 2 atom stereocenters. The molecule has 4 heterocycles. The maximum Gasteiger partial charge on any atom is 0.261 e. The highest BCUT2D eigenvalue weighted by Crippen LogP contribution is 2.39. The van der Waals surface area contributed by atoms with Gasteiger partial charge in [-0.1, -0.05) is 0 Å². The molecule has 2 unspecified atom stereocenters. The number of hydrogen-bond donors (Lipinski definition) is 0. The molecule has 0 N–H and O–H groups in total. The third-order valence-corrected chi connectivity index (χ3v) is 6.68. The monoisotopic (exact) mass is 461 g/mol. The summed E-state index contributed by atoms with van der Waals surface area (Å²) < 4.78 is 36.0. The lowest BCUT2D eigenvalue weighted by molar-refractivity contribution is 0.00513. The number of aromatic nitrogens is 3. The van der Waals surface area contributed by atoms with Crippen molar-refractivity contribution in [3.05, 3.63) is 98.9 Å². The molecule has 1 fully saturated rings. The van der Waals surface area contributed by atoms with Gasteiger partial charge in [0, 0.05) is 53.1 Å². The topological polar surface area (TPSA) is 56.5 Å². The molecule has 1 saturated heterocycles. The van der Waals surface area contributed by atoms with Crippen LogP contribution in [0.15, 0.2) is 53.6 Å². The van der Waals surface area contributed by atoms with Crippen molar-refractivity contribution in [1.29, 1.82) is 0 Å². The number of nitrogens with zero attached hydrogens (tertiary/aromatic N) is 3. The number of rotatable bonds is 3. The standard InChI is InChI=1S/C27H25F2N3O2/c1-15-10-19(6-8-30-15)25-12-18(7-9-34-25)20-11-23(22-5-4-21(28)13-24(22)29)26-31-17(3)16(2)27(33)32(26)14-20/h4-6,8,10-11,13-14,18,25H,7,9,12H2,1-3H3. The van der Waals surface area contributed by atoms with Crippen molar-refractivity contribution in [1.82, 2.24) is 14.4 Å². The molecule has 0 aliphatic carbocycles. The van der Waals surface area contributed by atoms with E-state index in [1.54, 1.807) is 20.0 Å². The van der Waals surface area contributed by atoms with E-state index in [0.717, 1.165) is 29.3 Å². The molecule has 0 radical (unpaired) electrons. The highest BCUT2D eigenvalue weighted by molar-refractivity contribution is 5.78. The molecular weight excluding hydrogens is 436 g/mol. The molecule has 1 aliphatic heterocycles. The molecule has 1 aliphatic rings. The summed E-state index contributed by atoms with van der Waals surface area (Å²) >= 11 is 0. The Balaban J connectivity index is 1.66. The summed E-state index contributed by atoms with van der Waals surface area (Å²) in [6.45, 7) is 6.00. The van der Waals surface area contributed by atoms with E-state index < -0.39 is 11.6 Å². The highest BCUT2D eigenvalue weighted by atomic mass is 19.1. The molecular formula is C27H25F2N3O2. The van der Waals surface area contributed by atoms with E-state index >= 15 is 0 Å². The van der Waals surface area contributed by atoms with Gasteiger partial charge in [0.2, 0.25) is 0 Å². The summed E-state index contributed by atoms with van der Waals surface area (Å²) in [5, 5.41) is 0. The smallest absolute Gasteiger partial charge is 0.261 e. The molecule has 4 aromatic rings. The summed E-state index contributed by atoms with van der Waals surface area (Å²) in [5.41, 5.74) is 4.86. The molecule has 5 rings (SSSR count). The summed E-state index contributed by atoms with van der Waals surface area (Å²) in [6, 6.07) is 9.34. The van der Waals surface area contributed by atoms with Crippen molar-refractivity contribution in [3.8, 4) is 11.1 Å². The van der Waals surface area contributed by atoms with Crippen LogP contribution in [0.3, 0.4) is 0 Å². The first-order valence-corrected chi connectivity index (χ1v) is 11.3. The van der Waals surface area contributed by atoms with Crippen LogP contribution >= 0.6 is 0 Å². The second-order valence-electron chi connectivity index (χ2n) is 8.94. The Labute approximate surface area is 196 Å². The molecule has 174 valence electrons. The van der Waals surface area contributed by atoms with Crippen LogP contribution in [0.5, 0.6) is 0 Å². The average molecular weight is 462 g/mol. The zero-order valence-corrected chi connectivity index (χ0v) is 19.3. The van der Waals surface area contributed by atoms with Crippen LogP contribution in [0.1, 0.15) is 52.9 Å². The van der Waals surface area contributed by atoms with Crippen molar-refractivity contribution in [3.63, 3.8) is 0 Å². The number of halogens is 2. The Morgan fingerprint density at radius 2 is 1.85 bits per heavy atom. The number of benzene rings is 1. The zero-order valence-electron chi connectivity index (χ0n) is 19.3. The van der Waals surface area contributed by atoms with Crippen molar-refractivity contribution in [2.24, 2.45) is 0 Å². The van der Waals surface area contributed by atoms with E-state index in [2.05, 4.69) is 9.97 Å². The SMILES string of the molecule is Cc1cc(C2CC(c3cc(-c4ccc(F)cc4F)c4nc(C)c(C)c(=O)n4c3)CCO2)ccn1. The van der Waals surface area contributed by atoms with Crippen LogP contribution in [-0.2, 0) is 4.74 Å². The van der Waals surface area contributed by atoms with Crippen molar-refractivity contribution >= 4 is 5.65 Å². The van der Waals surface area contributed by atoms with E-state index in [4.69, 9.17) is 4.74 Å². The predicted molar refractivity (Wildman–Crippen MR) is 126 cm³/mol. The first-order chi connectivity index (χ1) is 16.3. The Hall–Kier alpha value is -3.45. The summed E-state index contributed by atoms with van der Waals surface area (Å²) in [4.78, 5) is 22.0. The molecule has 3 aromatic heterocycles. The Bertz CT molecular complexity index is 1460. The lowest BCUT2D eigenvalue weighted by Crippen LogP contribution is -2.23. The minimum Gasteiger partial charge on any atom is -0.373 e. The number of pyridine rings is 2. The van der Waals surface area contributed by atoms with Gasteiger partial charge in [-0.3, -0.25) is 14.2 Å². The van der Waals surface area contributed by atoms with Crippen molar-refractivity contribution in [2.45, 2.75) is 45.6 Å². The fourth-order valence-corrected chi connectivity index (χ4v) is 4.68. The highest BCUT2D eigenvalue weighted by Gasteiger charge is 2.27. The zero-order chi connectivity index (χ0) is 24.0.